The second kappa shape index (κ2) is 4.03. The molecule has 1 aromatic carbocycles. The zero-order valence-corrected chi connectivity index (χ0v) is 7.95. The van der Waals surface area contributed by atoms with E-state index in [9.17, 15) is 9.18 Å². The molecule has 0 heterocycles. The number of carbonyl (C=O) groups excluding carboxylic acids is 1. The summed E-state index contributed by atoms with van der Waals surface area (Å²) in [5.41, 5.74) is 0.293. The molecule has 1 aromatic rings. The number of methoxy groups -OCH3 is 1. The Labute approximate surface area is 81.2 Å². The summed E-state index contributed by atoms with van der Waals surface area (Å²) in [6, 6.07) is 6.24. The minimum atomic E-state index is -2.02. The molecular weight excluding hydrogens is 185 g/mol. The molecule has 0 amide bonds. The van der Waals surface area contributed by atoms with Gasteiger partial charge in [-0.25, -0.2) is 9.18 Å². The minimum absolute atomic E-state index is 0.293. The van der Waals surface area contributed by atoms with Crippen LogP contribution in [0, 0.1) is 0 Å². The predicted molar refractivity (Wildman–Crippen MR) is 49.6 cm³/mol. The lowest BCUT2D eigenvalue weighted by molar-refractivity contribution is 0.206. The molecule has 74 valence electrons. The molecule has 0 aliphatic heterocycles. The van der Waals surface area contributed by atoms with E-state index < -0.39 is 5.79 Å². The van der Waals surface area contributed by atoms with E-state index in [1.165, 1.54) is 32.2 Å². The van der Waals surface area contributed by atoms with Crippen molar-refractivity contribution < 1.29 is 13.9 Å². The van der Waals surface area contributed by atoms with Crippen LogP contribution in [-0.2, 0) is 10.6 Å². The maximum Gasteiger partial charge on any atom is 0.238 e. The van der Waals surface area contributed by atoms with Crippen molar-refractivity contribution in [1.29, 1.82) is 0 Å². The van der Waals surface area contributed by atoms with Gasteiger partial charge in [0.25, 0.3) is 0 Å². The van der Waals surface area contributed by atoms with Crippen LogP contribution in [-0.4, -0.2) is 13.2 Å². The van der Waals surface area contributed by atoms with Gasteiger partial charge >= 0.3 is 0 Å². The third kappa shape index (κ3) is 2.18. The van der Waals surface area contributed by atoms with Crippen molar-refractivity contribution >= 4 is 6.08 Å². The van der Waals surface area contributed by atoms with Crippen molar-refractivity contribution in [3.05, 3.63) is 29.8 Å². The molecule has 3 nitrogen and oxygen atoms in total. The molecule has 1 rings (SSSR count). The molecule has 0 N–H and O–H groups in total. The monoisotopic (exact) mass is 195 g/mol. The summed E-state index contributed by atoms with van der Waals surface area (Å²) in [4.78, 5) is 13.0. The maximum atomic E-state index is 13.6. The summed E-state index contributed by atoms with van der Waals surface area (Å²) in [7, 11) is 1.52. The van der Waals surface area contributed by atoms with Gasteiger partial charge in [-0.05, 0) is 19.1 Å². The van der Waals surface area contributed by atoms with Crippen molar-refractivity contribution in [2.24, 2.45) is 4.99 Å². The van der Waals surface area contributed by atoms with E-state index in [4.69, 9.17) is 4.74 Å². The highest BCUT2D eigenvalue weighted by molar-refractivity contribution is 5.37. The van der Waals surface area contributed by atoms with Gasteiger partial charge in [0.2, 0.25) is 11.9 Å². The van der Waals surface area contributed by atoms with E-state index in [-0.39, 0.29) is 0 Å². The largest absolute Gasteiger partial charge is 0.497 e. The first-order valence-corrected chi connectivity index (χ1v) is 4.02. The molecule has 0 aliphatic rings. The lowest BCUT2D eigenvalue weighted by atomic mass is 10.1. The van der Waals surface area contributed by atoms with Crippen LogP contribution in [0.25, 0.3) is 0 Å². The number of halogens is 1. The third-order valence-corrected chi connectivity index (χ3v) is 1.87. The molecule has 0 fully saturated rings. The second-order valence-electron chi connectivity index (χ2n) is 2.88. The van der Waals surface area contributed by atoms with E-state index in [0.29, 0.717) is 11.3 Å². The number of rotatable bonds is 3. The molecule has 0 radical (unpaired) electrons. The number of isocyanates is 1. The van der Waals surface area contributed by atoms with Crippen LogP contribution in [0.5, 0.6) is 5.75 Å². The Kier molecular flexibility index (Phi) is 2.99. The standard InChI is InChI=1S/C10H10FNO2/c1-10(11,12-7-13)8-3-5-9(14-2)6-4-8/h3-6H,1-2H3. The zero-order chi connectivity index (χ0) is 10.6. The Hall–Kier alpha value is -1.67. The fraction of sp³-hybridized carbons (Fsp3) is 0.300. The highest BCUT2D eigenvalue weighted by Gasteiger charge is 2.24. The number of nitrogens with zero attached hydrogens (tertiary/aromatic N) is 1. The van der Waals surface area contributed by atoms with E-state index in [0.717, 1.165) is 0 Å². The average molecular weight is 195 g/mol. The smallest absolute Gasteiger partial charge is 0.238 e. The Bertz CT molecular complexity index is 353. The van der Waals surface area contributed by atoms with E-state index in [1.807, 2.05) is 0 Å². The molecule has 0 saturated heterocycles. The van der Waals surface area contributed by atoms with Crippen LogP contribution in [0.2, 0.25) is 0 Å². The van der Waals surface area contributed by atoms with Crippen LogP contribution in [0.4, 0.5) is 4.39 Å². The van der Waals surface area contributed by atoms with E-state index in [1.54, 1.807) is 12.1 Å². The first-order chi connectivity index (χ1) is 6.60. The Balaban J connectivity index is 3.02. The average Bonchev–Trinajstić information content (AvgIpc) is 2.18. The van der Waals surface area contributed by atoms with Crippen molar-refractivity contribution in [3.63, 3.8) is 0 Å². The molecule has 0 saturated carbocycles. The summed E-state index contributed by atoms with van der Waals surface area (Å²) in [6.45, 7) is 1.19. The fourth-order valence-corrected chi connectivity index (χ4v) is 1.05. The number of ether oxygens (including phenoxy) is 1. The lowest BCUT2D eigenvalue weighted by Crippen LogP contribution is -2.10. The molecule has 1 unspecified atom stereocenters. The van der Waals surface area contributed by atoms with Gasteiger partial charge in [-0.1, -0.05) is 12.1 Å². The van der Waals surface area contributed by atoms with Crippen molar-refractivity contribution in [1.82, 2.24) is 0 Å². The summed E-state index contributed by atoms with van der Waals surface area (Å²) in [5.74, 6) is -1.40. The van der Waals surface area contributed by atoms with Gasteiger partial charge in [0.05, 0.1) is 7.11 Å². The number of hydrogen-bond donors (Lipinski definition) is 0. The normalized spacial score (nSPS) is 13.9. The number of benzene rings is 1. The molecule has 4 heteroatoms. The molecule has 1 atom stereocenters. The van der Waals surface area contributed by atoms with Gasteiger partial charge in [0, 0.05) is 5.56 Å². The predicted octanol–water partition coefficient (Wildman–Crippen LogP) is 2.17. The van der Waals surface area contributed by atoms with Gasteiger partial charge in [0.15, 0.2) is 0 Å². The summed E-state index contributed by atoms with van der Waals surface area (Å²) < 4.78 is 18.5. The summed E-state index contributed by atoms with van der Waals surface area (Å²) in [6.07, 6.45) is 1.20. The second-order valence-corrected chi connectivity index (χ2v) is 2.88. The molecular formula is C10H10FNO2. The lowest BCUT2D eigenvalue weighted by Gasteiger charge is -2.13. The molecule has 0 aliphatic carbocycles. The summed E-state index contributed by atoms with van der Waals surface area (Å²) in [5, 5.41) is 0. The number of alkyl halides is 1. The van der Waals surface area contributed by atoms with Crippen LogP contribution in [0.3, 0.4) is 0 Å². The molecule has 0 spiro atoms. The first kappa shape index (κ1) is 10.4. The van der Waals surface area contributed by atoms with Gasteiger partial charge in [0.1, 0.15) is 5.75 Å². The van der Waals surface area contributed by atoms with Gasteiger partial charge < -0.3 is 4.74 Å². The van der Waals surface area contributed by atoms with Crippen molar-refractivity contribution in [2.45, 2.75) is 12.7 Å². The van der Waals surface area contributed by atoms with Gasteiger partial charge in [-0.2, -0.15) is 4.99 Å². The van der Waals surface area contributed by atoms with Crippen LogP contribution < -0.4 is 4.74 Å². The van der Waals surface area contributed by atoms with Crippen LogP contribution in [0.15, 0.2) is 29.3 Å². The Morgan fingerprint density at radius 3 is 2.43 bits per heavy atom. The third-order valence-electron chi connectivity index (χ3n) is 1.87. The van der Waals surface area contributed by atoms with Crippen molar-refractivity contribution in [2.75, 3.05) is 7.11 Å². The van der Waals surface area contributed by atoms with Crippen LogP contribution in [0.1, 0.15) is 12.5 Å². The maximum absolute atomic E-state index is 13.6. The SMILES string of the molecule is COc1ccc(C(C)(F)N=C=O)cc1. The van der Waals surface area contributed by atoms with Gasteiger partial charge in [-0.3, -0.25) is 0 Å². The topological polar surface area (TPSA) is 38.7 Å². The minimum Gasteiger partial charge on any atom is -0.497 e. The quantitative estimate of drug-likeness (QED) is 0.421. The van der Waals surface area contributed by atoms with Crippen molar-refractivity contribution in [3.8, 4) is 5.75 Å². The van der Waals surface area contributed by atoms with E-state index >= 15 is 0 Å². The Morgan fingerprint density at radius 2 is 2.00 bits per heavy atom. The Morgan fingerprint density at radius 1 is 1.43 bits per heavy atom. The van der Waals surface area contributed by atoms with Gasteiger partial charge in [-0.15, -0.1) is 0 Å². The molecule has 0 aromatic heterocycles. The highest BCUT2D eigenvalue weighted by Crippen LogP contribution is 2.27. The van der Waals surface area contributed by atoms with E-state index in [2.05, 4.69) is 4.99 Å². The molecule has 14 heavy (non-hydrogen) atoms. The zero-order valence-electron chi connectivity index (χ0n) is 7.95. The molecule has 0 bridgehead atoms. The highest BCUT2D eigenvalue weighted by atomic mass is 19.1. The van der Waals surface area contributed by atoms with Crippen LogP contribution >= 0.6 is 0 Å². The number of hydrogen-bond acceptors (Lipinski definition) is 3. The summed E-state index contributed by atoms with van der Waals surface area (Å²) >= 11 is 0. The fourth-order valence-electron chi connectivity index (χ4n) is 1.05. The number of aliphatic imine (C=N–C) groups is 1. The first-order valence-electron chi connectivity index (χ1n) is 4.02.